The van der Waals surface area contributed by atoms with Crippen molar-refractivity contribution in [2.75, 3.05) is 40.9 Å². The van der Waals surface area contributed by atoms with E-state index in [1.54, 1.807) is 6.08 Å². The van der Waals surface area contributed by atoms with E-state index in [1.807, 2.05) is 27.2 Å². The van der Waals surface area contributed by atoms with Gasteiger partial charge >= 0.3 is 7.82 Å². The van der Waals surface area contributed by atoms with Crippen LogP contribution in [0.15, 0.2) is 24.3 Å². The molecule has 3 atom stereocenters. The average molecular weight is 1090 g/mol. The predicted octanol–water partition coefficient (Wildman–Crippen LogP) is 21.1. The van der Waals surface area contributed by atoms with Crippen molar-refractivity contribution in [3.05, 3.63) is 24.3 Å². The number of aliphatic hydroxyl groups excluding tert-OH is 1. The van der Waals surface area contributed by atoms with Gasteiger partial charge < -0.3 is 19.8 Å². The Bertz CT molecular complexity index is 1290. The van der Waals surface area contributed by atoms with Crippen LogP contribution in [0, 0.1) is 0 Å². The van der Waals surface area contributed by atoms with Crippen LogP contribution in [0.4, 0.5) is 0 Å². The van der Waals surface area contributed by atoms with Crippen LogP contribution in [0.3, 0.4) is 0 Å². The lowest BCUT2D eigenvalue weighted by Crippen LogP contribution is -2.45. The standard InChI is InChI=1S/C67H133N2O6P/c1-6-8-10-12-14-16-18-20-22-24-26-27-28-29-30-31-32-33-34-35-36-37-38-39-40-41-43-45-47-49-51-53-55-57-59-61-67(71)68-65(64-75-76(72,73)74-63-62-69(3,4)5)66(70)60-58-56-54-52-50-48-46-44-42-25-23-21-19-17-15-13-11-9-7-2/h50,52,58,60,65-66,70H,6-49,51,53-57,59,61-64H2,1-5H3,(H-,68,71,72,73)/p+1/b52-50+,60-58+. The maximum Gasteiger partial charge on any atom is 0.472 e. The van der Waals surface area contributed by atoms with Gasteiger partial charge in [-0.2, -0.15) is 0 Å². The monoisotopic (exact) mass is 1090 g/mol. The third-order valence-corrected chi connectivity index (χ3v) is 16.7. The van der Waals surface area contributed by atoms with Crippen LogP contribution in [-0.4, -0.2) is 73.4 Å². The number of quaternary nitrogens is 1. The van der Waals surface area contributed by atoms with Crippen molar-refractivity contribution in [1.29, 1.82) is 0 Å². The van der Waals surface area contributed by atoms with Gasteiger partial charge in [-0.3, -0.25) is 13.8 Å². The normalized spacial score (nSPS) is 13.8. The van der Waals surface area contributed by atoms with E-state index < -0.39 is 20.0 Å². The maximum absolute atomic E-state index is 13.0. The fraction of sp³-hybridized carbons (Fsp3) is 0.925. The summed E-state index contributed by atoms with van der Waals surface area (Å²) < 4.78 is 23.8. The number of hydrogen-bond donors (Lipinski definition) is 3. The third-order valence-electron chi connectivity index (χ3n) is 15.7. The van der Waals surface area contributed by atoms with Gasteiger partial charge in [-0.1, -0.05) is 334 Å². The van der Waals surface area contributed by atoms with Crippen molar-refractivity contribution < 1.29 is 32.9 Å². The van der Waals surface area contributed by atoms with Gasteiger partial charge in [-0.25, -0.2) is 4.57 Å². The van der Waals surface area contributed by atoms with Gasteiger partial charge in [-0.05, 0) is 32.1 Å². The van der Waals surface area contributed by atoms with Gasteiger partial charge in [0.15, 0.2) is 0 Å². The summed E-state index contributed by atoms with van der Waals surface area (Å²) in [6.07, 6.45) is 76.2. The van der Waals surface area contributed by atoms with Crippen LogP contribution in [0.1, 0.15) is 348 Å². The first-order chi connectivity index (χ1) is 37.0. The minimum atomic E-state index is -4.36. The van der Waals surface area contributed by atoms with Crippen molar-refractivity contribution in [2.45, 2.75) is 360 Å². The summed E-state index contributed by atoms with van der Waals surface area (Å²) in [5.41, 5.74) is 0. The average Bonchev–Trinajstić information content (AvgIpc) is 3.38. The van der Waals surface area contributed by atoms with Gasteiger partial charge in [0, 0.05) is 6.42 Å². The zero-order valence-electron chi connectivity index (χ0n) is 51.8. The van der Waals surface area contributed by atoms with Crippen LogP contribution < -0.4 is 5.32 Å². The molecule has 0 heterocycles. The lowest BCUT2D eigenvalue weighted by molar-refractivity contribution is -0.870. The molecular formula is C67H134N2O6P+. The number of hydrogen-bond acceptors (Lipinski definition) is 5. The molecule has 3 unspecified atom stereocenters. The highest BCUT2D eigenvalue weighted by Crippen LogP contribution is 2.43. The minimum Gasteiger partial charge on any atom is -0.387 e. The molecule has 0 radical (unpaired) electrons. The van der Waals surface area contributed by atoms with Crippen LogP contribution in [0.2, 0.25) is 0 Å². The molecule has 0 bridgehead atoms. The highest BCUT2D eigenvalue weighted by Gasteiger charge is 2.28. The molecule has 9 heteroatoms. The summed E-state index contributed by atoms with van der Waals surface area (Å²) in [6, 6.07) is -0.861. The lowest BCUT2D eigenvalue weighted by atomic mass is 10.0. The summed E-state index contributed by atoms with van der Waals surface area (Å²) in [4.78, 5) is 23.4. The number of phosphoric ester groups is 1. The summed E-state index contributed by atoms with van der Waals surface area (Å²) in [5, 5.41) is 14.0. The molecule has 0 aliphatic carbocycles. The highest BCUT2D eigenvalue weighted by atomic mass is 31.2. The quantitative estimate of drug-likeness (QED) is 0.0243. The molecule has 0 fully saturated rings. The number of likely N-dealkylation sites (N-methyl/N-ethyl adjacent to an activating group) is 1. The first-order valence-corrected chi connectivity index (χ1v) is 35.2. The molecular weight excluding hydrogens is 960 g/mol. The molecule has 76 heavy (non-hydrogen) atoms. The largest absolute Gasteiger partial charge is 0.472 e. The molecule has 0 spiro atoms. The van der Waals surface area contributed by atoms with Crippen molar-refractivity contribution >= 4 is 13.7 Å². The second-order valence-corrected chi connectivity index (χ2v) is 26.0. The van der Waals surface area contributed by atoms with Crippen molar-refractivity contribution in [1.82, 2.24) is 5.32 Å². The fourth-order valence-electron chi connectivity index (χ4n) is 10.4. The Morgan fingerprint density at radius 2 is 0.724 bits per heavy atom. The van der Waals surface area contributed by atoms with Gasteiger partial charge in [0.1, 0.15) is 13.2 Å². The Kier molecular flexibility index (Phi) is 57.8. The van der Waals surface area contributed by atoms with Crippen LogP contribution in [0.25, 0.3) is 0 Å². The maximum atomic E-state index is 13.0. The Hall–Kier alpha value is -1.02. The topological polar surface area (TPSA) is 105 Å². The second kappa shape index (κ2) is 58.6. The van der Waals surface area contributed by atoms with Gasteiger partial charge in [0.25, 0.3) is 0 Å². The number of carbonyl (C=O) groups is 1. The number of carbonyl (C=O) groups excluding carboxylic acids is 1. The van der Waals surface area contributed by atoms with E-state index in [-0.39, 0.29) is 19.1 Å². The summed E-state index contributed by atoms with van der Waals surface area (Å²) in [6.45, 7) is 4.85. The zero-order valence-corrected chi connectivity index (χ0v) is 52.7. The fourth-order valence-corrected chi connectivity index (χ4v) is 11.2. The SMILES string of the molecule is CCCCCCCCCCCCCCC/C=C/CC/C=C/C(O)C(COP(=O)(O)OCC[N+](C)(C)C)NC(=O)CCCCCCCCCCCCCCCCCCCCCCCCCCCCCCCCCCCCC. The molecule has 0 aliphatic rings. The number of nitrogens with one attached hydrogen (secondary N) is 1. The van der Waals surface area contributed by atoms with Crippen LogP contribution in [-0.2, 0) is 18.4 Å². The molecule has 0 aliphatic heterocycles. The second-order valence-electron chi connectivity index (χ2n) is 24.6. The van der Waals surface area contributed by atoms with Crippen molar-refractivity contribution in [3.8, 4) is 0 Å². The first kappa shape index (κ1) is 75.0. The van der Waals surface area contributed by atoms with E-state index in [2.05, 4.69) is 31.3 Å². The Morgan fingerprint density at radius 1 is 0.434 bits per heavy atom. The number of aliphatic hydroxyl groups is 1. The Labute approximate surface area is 474 Å². The molecule has 0 aromatic rings. The van der Waals surface area contributed by atoms with Crippen LogP contribution in [0.5, 0.6) is 0 Å². The van der Waals surface area contributed by atoms with E-state index in [9.17, 15) is 19.4 Å². The molecule has 0 rings (SSSR count). The van der Waals surface area contributed by atoms with E-state index in [1.165, 1.54) is 289 Å². The molecule has 0 aromatic heterocycles. The van der Waals surface area contributed by atoms with E-state index in [0.29, 0.717) is 17.4 Å². The molecule has 8 nitrogen and oxygen atoms in total. The molecule has 0 saturated carbocycles. The number of phosphoric acid groups is 1. The van der Waals surface area contributed by atoms with Gasteiger partial charge in [0.2, 0.25) is 5.91 Å². The van der Waals surface area contributed by atoms with Gasteiger partial charge in [-0.15, -0.1) is 0 Å². The smallest absolute Gasteiger partial charge is 0.387 e. The number of rotatable bonds is 63. The highest BCUT2D eigenvalue weighted by molar-refractivity contribution is 7.47. The first-order valence-electron chi connectivity index (χ1n) is 33.7. The van der Waals surface area contributed by atoms with E-state index >= 15 is 0 Å². The number of allylic oxidation sites excluding steroid dienone is 3. The molecule has 0 aromatic carbocycles. The lowest BCUT2D eigenvalue weighted by Gasteiger charge is -2.25. The summed E-state index contributed by atoms with van der Waals surface area (Å²) in [5.74, 6) is -0.179. The van der Waals surface area contributed by atoms with Gasteiger partial charge in [0.05, 0.1) is 39.9 Å². The van der Waals surface area contributed by atoms with E-state index in [4.69, 9.17) is 9.05 Å². The predicted molar refractivity (Wildman–Crippen MR) is 332 cm³/mol. The summed E-state index contributed by atoms with van der Waals surface area (Å²) in [7, 11) is 1.57. The zero-order chi connectivity index (χ0) is 55.6. The minimum absolute atomic E-state index is 0.0589. The van der Waals surface area contributed by atoms with Crippen molar-refractivity contribution in [3.63, 3.8) is 0 Å². The Balaban J connectivity index is 3.98. The molecule has 0 saturated heterocycles. The third kappa shape index (κ3) is 60.6. The van der Waals surface area contributed by atoms with Crippen molar-refractivity contribution in [2.24, 2.45) is 0 Å². The molecule has 3 N–H and O–H groups in total. The number of unbranched alkanes of at least 4 members (excludes halogenated alkanes) is 48. The molecule has 1 amide bonds. The number of amides is 1. The summed E-state index contributed by atoms with van der Waals surface area (Å²) >= 11 is 0. The molecule has 452 valence electrons. The van der Waals surface area contributed by atoms with E-state index in [0.717, 1.165) is 38.5 Å². The Morgan fingerprint density at radius 3 is 1.05 bits per heavy atom. The number of nitrogens with zero attached hydrogens (tertiary/aromatic N) is 1. The van der Waals surface area contributed by atoms with Crippen LogP contribution >= 0.6 is 7.82 Å².